The van der Waals surface area contributed by atoms with Crippen molar-refractivity contribution in [3.05, 3.63) is 63.7 Å². The van der Waals surface area contributed by atoms with Crippen molar-refractivity contribution in [1.82, 2.24) is 4.98 Å². The normalized spacial score (nSPS) is 10.4. The third kappa shape index (κ3) is 4.22. The van der Waals surface area contributed by atoms with Gasteiger partial charge in [0.1, 0.15) is 18.2 Å². The molecule has 110 valence electrons. The van der Waals surface area contributed by atoms with Gasteiger partial charge in [-0.2, -0.15) is 0 Å². The van der Waals surface area contributed by atoms with Gasteiger partial charge in [0.15, 0.2) is 0 Å². The highest BCUT2D eigenvalue weighted by molar-refractivity contribution is 5.35. The number of benzene rings is 1. The highest BCUT2D eigenvalue weighted by Gasteiger charge is 2.10. The zero-order chi connectivity index (χ0) is 15.2. The third-order valence-electron chi connectivity index (χ3n) is 2.76. The second-order valence-corrected chi connectivity index (χ2v) is 4.39. The molecule has 1 aromatic heterocycles. The average Bonchev–Trinajstić information content (AvgIpc) is 2.46. The van der Waals surface area contributed by atoms with Crippen LogP contribution >= 0.6 is 0 Å². The number of pyridine rings is 1. The van der Waals surface area contributed by atoms with Crippen molar-refractivity contribution >= 4 is 5.69 Å². The minimum atomic E-state index is -0.667. The fraction of sp³-hybridized carbons (Fsp3) is 0.214. The van der Waals surface area contributed by atoms with Gasteiger partial charge >= 0.3 is 0 Å². The lowest BCUT2D eigenvalue weighted by atomic mass is 10.2. The summed E-state index contributed by atoms with van der Waals surface area (Å²) in [5.41, 5.74) is 6.36. The maximum absolute atomic E-state index is 13.3. The third-order valence-corrected chi connectivity index (χ3v) is 2.76. The van der Waals surface area contributed by atoms with E-state index in [1.165, 1.54) is 12.1 Å². The van der Waals surface area contributed by atoms with Crippen molar-refractivity contribution in [3.8, 4) is 5.75 Å². The molecule has 0 spiro atoms. The van der Waals surface area contributed by atoms with Crippen LogP contribution in [0.5, 0.6) is 5.75 Å². The SMILES string of the molecule is NCCc1ccc(OCc2cc(F)cc([N+](=O)[O-])c2)cn1. The van der Waals surface area contributed by atoms with Crippen LogP contribution in [0.2, 0.25) is 0 Å². The van der Waals surface area contributed by atoms with E-state index >= 15 is 0 Å². The molecule has 6 nitrogen and oxygen atoms in total. The van der Waals surface area contributed by atoms with Gasteiger partial charge in [0, 0.05) is 18.2 Å². The first-order valence-electron chi connectivity index (χ1n) is 6.30. The lowest BCUT2D eigenvalue weighted by Gasteiger charge is -2.07. The molecule has 0 amide bonds. The molecule has 0 unspecified atom stereocenters. The number of non-ortho nitro benzene ring substituents is 1. The van der Waals surface area contributed by atoms with Crippen LogP contribution in [0.15, 0.2) is 36.5 Å². The van der Waals surface area contributed by atoms with Gasteiger partial charge < -0.3 is 10.5 Å². The Bertz CT molecular complexity index is 632. The van der Waals surface area contributed by atoms with E-state index < -0.39 is 10.7 Å². The molecule has 0 aliphatic heterocycles. The van der Waals surface area contributed by atoms with Crippen LogP contribution in [0.3, 0.4) is 0 Å². The predicted molar refractivity (Wildman–Crippen MR) is 74.4 cm³/mol. The summed E-state index contributed by atoms with van der Waals surface area (Å²) < 4.78 is 18.7. The lowest BCUT2D eigenvalue weighted by Crippen LogP contribution is -2.04. The Labute approximate surface area is 120 Å². The summed E-state index contributed by atoms with van der Waals surface area (Å²) in [6.07, 6.45) is 2.22. The molecule has 0 saturated heterocycles. The quantitative estimate of drug-likeness (QED) is 0.650. The smallest absolute Gasteiger partial charge is 0.272 e. The van der Waals surface area contributed by atoms with Gasteiger partial charge in [-0.1, -0.05) is 0 Å². The standard InChI is InChI=1S/C14H14FN3O3/c15-11-5-10(6-13(7-11)18(19)20)9-21-14-2-1-12(3-4-16)17-8-14/h1-2,5-8H,3-4,9,16H2. The number of ether oxygens (including phenoxy) is 1. The zero-order valence-corrected chi connectivity index (χ0v) is 11.2. The Morgan fingerprint density at radius 3 is 2.76 bits per heavy atom. The first-order chi connectivity index (χ1) is 10.1. The van der Waals surface area contributed by atoms with Gasteiger partial charge in [-0.15, -0.1) is 0 Å². The Kier molecular flexibility index (Phi) is 4.78. The Morgan fingerprint density at radius 1 is 1.33 bits per heavy atom. The number of nitrogens with two attached hydrogens (primary N) is 1. The average molecular weight is 291 g/mol. The van der Waals surface area contributed by atoms with E-state index in [2.05, 4.69) is 4.98 Å². The molecule has 1 aromatic carbocycles. The number of nitro benzene ring substituents is 1. The largest absolute Gasteiger partial charge is 0.487 e. The van der Waals surface area contributed by atoms with Crippen molar-refractivity contribution in [2.45, 2.75) is 13.0 Å². The predicted octanol–water partition coefficient (Wildman–Crippen LogP) is 2.21. The summed E-state index contributed by atoms with van der Waals surface area (Å²) in [7, 11) is 0. The summed E-state index contributed by atoms with van der Waals surface area (Å²) in [6, 6.07) is 6.86. The number of rotatable bonds is 6. The molecule has 0 radical (unpaired) electrons. The maximum Gasteiger partial charge on any atom is 0.272 e. The van der Waals surface area contributed by atoms with E-state index in [0.29, 0.717) is 24.3 Å². The fourth-order valence-electron chi connectivity index (χ4n) is 1.78. The van der Waals surface area contributed by atoms with Crippen LogP contribution in [0.1, 0.15) is 11.3 Å². The van der Waals surface area contributed by atoms with Crippen molar-refractivity contribution in [3.63, 3.8) is 0 Å². The molecule has 0 fully saturated rings. The van der Waals surface area contributed by atoms with Crippen LogP contribution in [-0.4, -0.2) is 16.5 Å². The van der Waals surface area contributed by atoms with Crippen LogP contribution in [0.25, 0.3) is 0 Å². The fourth-order valence-corrected chi connectivity index (χ4v) is 1.78. The topological polar surface area (TPSA) is 91.3 Å². The molecule has 21 heavy (non-hydrogen) atoms. The van der Waals surface area contributed by atoms with E-state index in [-0.39, 0.29) is 12.3 Å². The number of hydrogen-bond acceptors (Lipinski definition) is 5. The van der Waals surface area contributed by atoms with Crippen molar-refractivity contribution in [2.24, 2.45) is 5.73 Å². The van der Waals surface area contributed by atoms with Crippen LogP contribution < -0.4 is 10.5 Å². The monoisotopic (exact) mass is 291 g/mol. The minimum absolute atomic E-state index is 0.0243. The molecule has 2 rings (SSSR count). The lowest BCUT2D eigenvalue weighted by molar-refractivity contribution is -0.385. The molecule has 0 atom stereocenters. The number of nitro groups is 1. The summed E-state index contributed by atoms with van der Waals surface area (Å²) >= 11 is 0. The van der Waals surface area contributed by atoms with Gasteiger partial charge in [-0.3, -0.25) is 15.1 Å². The first kappa shape index (κ1) is 14.9. The van der Waals surface area contributed by atoms with E-state index in [1.54, 1.807) is 18.3 Å². The van der Waals surface area contributed by atoms with Gasteiger partial charge in [-0.05, 0) is 30.3 Å². The molecule has 0 bridgehead atoms. The van der Waals surface area contributed by atoms with Gasteiger partial charge in [-0.25, -0.2) is 4.39 Å². The number of nitrogens with zero attached hydrogens (tertiary/aromatic N) is 2. The number of aromatic nitrogens is 1. The summed E-state index contributed by atoms with van der Waals surface area (Å²) in [4.78, 5) is 14.2. The van der Waals surface area contributed by atoms with Crippen molar-refractivity contribution in [2.75, 3.05) is 6.54 Å². The molecule has 0 saturated carbocycles. The number of hydrogen-bond donors (Lipinski definition) is 1. The second-order valence-electron chi connectivity index (χ2n) is 4.39. The highest BCUT2D eigenvalue weighted by atomic mass is 19.1. The van der Waals surface area contributed by atoms with Gasteiger partial charge in [0.05, 0.1) is 17.2 Å². The molecule has 0 aliphatic carbocycles. The Morgan fingerprint density at radius 2 is 2.14 bits per heavy atom. The van der Waals surface area contributed by atoms with Crippen molar-refractivity contribution < 1.29 is 14.1 Å². The highest BCUT2D eigenvalue weighted by Crippen LogP contribution is 2.18. The summed E-state index contributed by atoms with van der Waals surface area (Å²) in [5, 5.41) is 10.7. The van der Waals surface area contributed by atoms with E-state index in [1.807, 2.05) is 0 Å². The first-order valence-corrected chi connectivity index (χ1v) is 6.30. The van der Waals surface area contributed by atoms with E-state index in [0.717, 1.165) is 11.8 Å². The maximum atomic E-state index is 13.3. The molecule has 2 N–H and O–H groups in total. The zero-order valence-electron chi connectivity index (χ0n) is 11.2. The number of halogens is 1. The minimum Gasteiger partial charge on any atom is -0.487 e. The van der Waals surface area contributed by atoms with E-state index in [4.69, 9.17) is 10.5 Å². The summed E-state index contributed by atoms with van der Waals surface area (Å²) in [6.45, 7) is 0.538. The molecule has 7 heteroatoms. The molecular weight excluding hydrogens is 277 g/mol. The Balaban J connectivity index is 2.04. The molecular formula is C14H14FN3O3. The Hall–Kier alpha value is -2.54. The van der Waals surface area contributed by atoms with Gasteiger partial charge in [0.25, 0.3) is 5.69 Å². The second kappa shape index (κ2) is 6.76. The van der Waals surface area contributed by atoms with Crippen LogP contribution in [0.4, 0.5) is 10.1 Å². The van der Waals surface area contributed by atoms with Gasteiger partial charge in [0.2, 0.25) is 0 Å². The molecule has 1 heterocycles. The van der Waals surface area contributed by atoms with Crippen LogP contribution in [-0.2, 0) is 13.0 Å². The molecule has 0 aliphatic rings. The van der Waals surface area contributed by atoms with Crippen molar-refractivity contribution in [1.29, 1.82) is 0 Å². The summed E-state index contributed by atoms with van der Waals surface area (Å²) in [5.74, 6) is -0.165. The molecule has 2 aromatic rings. The van der Waals surface area contributed by atoms with Crippen LogP contribution in [0, 0.1) is 15.9 Å². The van der Waals surface area contributed by atoms with E-state index in [9.17, 15) is 14.5 Å².